The highest BCUT2D eigenvalue weighted by molar-refractivity contribution is 5.96. The van der Waals surface area contributed by atoms with E-state index in [1.54, 1.807) is 6.07 Å². The van der Waals surface area contributed by atoms with E-state index >= 15 is 0 Å². The van der Waals surface area contributed by atoms with Crippen molar-refractivity contribution in [1.82, 2.24) is 0 Å². The monoisotopic (exact) mass is 209 g/mol. The molecule has 0 atom stereocenters. The molecule has 82 valence electrons. The van der Waals surface area contributed by atoms with Crippen molar-refractivity contribution in [1.29, 1.82) is 0 Å². The molecule has 0 saturated heterocycles. The molecular formula is C11H15NO3. The van der Waals surface area contributed by atoms with Crippen LogP contribution in [0.3, 0.4) is 0 Å². The number of rotatable bonds is 0. The Morgan fingerprint density at radius 1 is 1.40 bits per heavy atom. The van der Waals surface area contributed by atoms with Crippen molar-refractivity contribution in [2.24, 2.45) is 0 Å². The lowest BCUT2D eigenvalue weighted by Crippen LogP contribution is -2.25. The van der Waals surface area contributed by atoms with Gasteiger partial charge in [-0.05, 0) is 18.6 Å². The highest BCUT2D eigenvalue weighted by Crippen LogP contribution is 2.34. The first kappa shape index (κ1) is 11.4. The number of phenolic OH excluding ortho intramolecular Hbond substituents is 1. The van der Waals surface area contributed by atoms with E-state index in [1.807, 2.05) is 20.8 Å². The van der Waals surface area contributed by atoms with E-state index in [2.05, 4.69) is 5.32 Å². The smallest absolute Gasteiger partial charge is 0.262 e. The Bertz CT molecular complexity index is 374. The third-order valence-electron chi connectivity index (χ3n) is 1.88. The third-order valence-corrected chi connectivity index (χ3v) is 1.88. The van der Waals surface area contributed by atoms with Crippen molar-refractivity contribution in [3.05, 3.63) is 17.7 Å². The molecule has 0 aliphatic carbocycles. The number of carbonyl (C=O) groups is 1. The number of amides is 1. The molecule has 1 aliphatic heterocycles. The minimum Gasteiger partial charge on any atom is -0.508 e. The van der Waals surface area contributed by atoms with Crippen molar-refractivity contribution < 1.29 is 14.6 Å². The van der Waals surface area contributed by atoms with E-state index in [0.717, 1.165) is 5.56 Å². The summed E-state index contributed by atoms with van der Waals surface area (Å²) in [5.74, 6) is 0.567. The number of ether oxygens (including phenoxy) is 1. The predicted octanol–water partition coefficient (Wildman–Crippen LogP) is 2.06. The van der Waals surface area contributed by atoms with Crippen LogP contribution in [0.15, 0.2) is 12.1 Å². The largest absolute Gasteiger partial charge is 0.508 e. The normalized spacial score (nSPS) is 12.9. The molecule has 0 saturated carbocycles. The SMILES string of the molecule is CC.Cc1cc(O)cc2c1OCC(=O)N2. The van der Waals surface area contributed by atoms with E-state index in [0.29, 0.717) is 11.4 Å². The van der Waals surface area contributed by atoms with Crippen LogP contribution < -0.4 is 10.1 Å². The maximum atomic E-state index is 10.9. The number of aromatic hydroxyl groups is 1. The zero-order valence-corrected chi connectivity index (χ0v) is 9.13. The second kappa shape index (κ2) is 4.68. The number of benzene rings is 1. The number of fused-ring (bicyclic) bond motifs is 1. The molecule has 1 aromatic carbocycles. The summed E-state index contributed by atoms with van der Waals surface area (Å²) in [6.45, 7) is 5.86. The summed E-state index contributed by atoms with van der Waals surface area (Å²) in [5, 5.41) is 11.9. The fourth-order valence-corrected chi connectivity index (χ4v) is 1.36. The van der Waals surface area contributed by atoms with Gasteiger partial charge in [0.2, 0.25) is 0 Å². The van der Waals surface area contributed by atoms with E-state index in [9.17, 15) is 9.90 Å². The first-order chi connectivity index (χ1) is 7.16. The first-order valence-electron chi connectivity index (χ1n) is 4.93. The van der Waals surface area contributed by atoms with Crippen LogP contribution in [0.25, 0.3) is 0 Å². The van der Waals surface area contributed by atoms with Crippen LogP contribution in [0.1, 0.15) is 19.4 Å². The van der Waals surface area contributed by atoms with Crippen molar-refractivity contribution in [3.63, 3.8) is 0 Å². The summed E-state index contributed by atoms with van der Waals surface area (Å²) in [6.07, 6.45) is 0. The lowest BCUT2D eigenvalue weighted by Gasteiger charge is -2.19. The lowest BCUT2D eigenvalue weighted by atomic mass is 10.1. The molecule has 2 rings (SSSR count). The van der Waals surface area contributed by atoms with Gasteiger partial charge in [-0.25, -0.2) is 0 Å². The van der Waals surface area contributed by atoms with Gasteiger partial charge >= 0.3 is 0 Å². The molecule has 1 amide bonds. The number of nitrogens with one attached hydrogen (secondary N) is 1. The molecule has 0 unspecified atom stereocenters. The summed E-state index contributed by atoms with van der Waals surface area (Å²) in [5.41, 5.74) is 1.35. The maximum absolute atomic E-state index is 10.9. The molecule has 0 aromatic heterocycles. The van der Waals surface area contributed by atoms with Crippen LogP contribution >= 0.6 is 0 Å². The average molecular weight is 209 g/mol. The fourth-order valence-electron chi connectivity index (χ4n) is 1.36. The number of anilines is 1. The van der Waals surface area contributed by atoms with Crippen LogP contribution in [0.4, 0.5) is 5.69 Å². The van der Waals surface area contributed by atoms with Gasteiger partial charge in [0.25, 0.3) is 5.91 Å². The number of hydrogen-bond donors (Lipinski definition) is 2. The highest BCUT2D eigenvalue weighted by atomic mass is 16.5. The van der Waals surface area contributed by atoms with Crippen molar-refractivity contribution in [2.75, 3.05) is 11.9 Å². The van der Waals surface area contributed by atoms with Gasteiger partial charge in [-0.15, -0.1) is 0 Å². The molecule has 1 aliphatic rings. The molecule has 0 bridgehead atoms. The van der Waals surface area contributed by atoms with Gasteiger partial charge in [0, 0.05) is 6.07 Å². The number of carbonyl (C=O) groups excluding carboxylic acids is 1. The molecule has 0 fully saturated rings. The zero-order chi connectivity index (χ0) is 11.4. The predicted molar refractivity (Wildman–Crippen MR) is 58.3 cm³/mol. The van der Waals surface area contributed by atoms with Crippen LogP contribution in [0.2, 0.25) is 0 Å². The Labute approximate surface area is 88.9 Å². The molecule has 15 heavy (non-hydrogen) atoms. The van der Waals surface area contributed by atoms with E-state index in [-0.39, 0.29) is 18.3 Å². The third kappa shape index (κ3) is 2.40. The van der Waals surface area contributed by atoms with Gasteiger partial charge in [0.1, 0.15) is 11.5 Å². The number of phenols is 1. The van der Waals surface area contributed by atoms with Crippen molar-refractivity contribution in [2.45, 2.75) is 20.8 Å². The second-order valence-corrected chi connectivity index (χ2v) is 2.98. The second-order valence-electron chi connectivity index (χ2n) is 2.98. The Hall–Kier alpha value is -1.71. The minimum absolute atomic E-state index is 0.0403. The van der Waals surface area contributed by atoms with Crippen LogP contribution in [-0.2, 0) is 4.79 Å². The Balaban J connectivity index is 0.000000531. The summed E-state index contributed by atoms with van der Waals surface area (Å²) in [7, 11) is 0. The number of aryl methyl sites for hydroxylation is 1. The van der Waals surface area contributed by atoms with Gasteiger partial charge in [0.05, 0.1) is 5.69 Å². The number of hydrogen-bond acceptors (Lipinski definition) is 3. The van der Waals surface area contributed by atoms with Crippen LogP contribution in [-0.4, -0.2) is 17.6 Å². The topological polar surface area (TPSA) is 58.6 Å². The van der Waals surface area contributed by atoms with E-state index in [4.69, 9.17) is 4.74 Å². The van der Waals surface area contributed by atoms with Gasteiger partial charge in [0.15, 0.2) is 6.61 Å². The Kier molecular flexibility index (Phi) is 3.55. The molecule has 0 radical (unpaired) electrons. The van der Waals surface area contributed by atoms with Crippen molar-refractivity contribution in [3.8, 4) is 11.5 Å². The molecular weight excluding hydrogens is 194 g/mol. The standard InChI is InChI=1S/C9H9NO3.C2H6/c1-5-2-6(11)3-7-9(5)13-4-8(12)10-7;1-2/h2-3,11H,4H2,1H3,(H,10,12);1-2H3. The summed E-state index contributed by atoms with van der Waals surface area (Å²) >= 11 is 0. The van der Waals surface area contributed by atoms with Gasteiger partial charge in [-0.1, -0.05) is 13.8 Å². The summed E-state index contributed by atoms with van der Waals surface area (Å²) in [4.78, 5) is 10.9. The molecule has 1 aromatic rings. The molecule has 1 heterocycles. The Morgan fingerprint density at radius 2 is 2.07 bits per heavy atom. The molecule has 0 spiro atoms. The van der Waals surface area contributed by atoms with E-state index in [1.165, 1.54) is 6.07 Å². The fraction of sp³-hybridized carbons (Fsp3) is 0.364. The van der Waals surface area contributed by atoms with Crippen molar-refractivity contribution >= 4 is 11.6 Å². The highest BCUT2D eigenvalue weighted by Gasteiger charge is 2.18. The zero-order valence-electron chi connectivity index (χ0n) is 9.13. The summed E-state index contributed by atoms with van der Waals surface area (Å²) < 4.78 is 5.20. The Morgan fingerprint density at radius 3 is 2.73 bits per heavy atom. The van der Waals surface area contributed by atoms with Crippen LogP contribution in [0, 0.1) is 6.92 Å². The molecule has 4 heteroatoms. The van der Waals surface area contributed by atoms with Crippen LogP contribution in [0.5, 0.6) is 11.5 Å². The summed E-state index contributed by atoms with van der Waals surface area (Å²) in [6, 6.07) is 3.07. The van der Waals surface area contributed by atoms with Gasteiger partial charge in [-0.2, -0.15) is 0 Å². The maximum Gasteiger partial charge on any atom is 0.262 e. The lowest BCUT2D eigenvalue weighted by molar-refractivity contribution is -0.118. The minimum atomic E-state index is -0.197. The average Bonchev–Trinajstić information content (AvgIpc) is 2.19. The van der Waals surface area contributed by atoms with Gasteiger partial charge < -0.3 is 15.2 Å². The van der Waals surface area contributed by atoms with E-state index < -0.39 is 0 Å². The molecule has 2 N–H and O–H groups in total. The van der Waals surface area contributed by atoms with Gasteiger partial charge in [-0.3, -0.25) is 4.79 Å². The first-order valence-corrected chi connectivity index (χ1v) is 4.93. The molecule has 4 nitrogen and oxygen atoms in total. The quantitative estimate of drug-likeness (QED) is 0.687.